The van der Waals surface area contributed by atoms with Gasteiger partial charge in [0.1, 0.15) is 9.84 Å². The van der Waals surface area contributed by atoms with Crippen LogP contribution in [0.15, 0.2) is 0 Å². The van der Waals surface area contributed by atoms with E-state index in [1.807, 2.05) is 0 Å². The maximum atomic E-state index is 11.2. The molecule has 1 unspecified atom stereocenters. The van der Waals surface area contributed by atoms with E-state index in [0.717, 1.165) is 25.3 Å². The molecule has 0 amide bonds. The molecule has 0 aromatic heterocycles. The van der Waals surface area contributed by atoms with Gasteiger partial charge >= 0.3 is 0 Å². The average Bonchev–Trinajstić information content (AvgIpc) is 2.95. The molecule has 0 aromatic carbocycles. The first-order chi connectivity index (χ1) is 7.73. The molecule has 0 aliphatic heterocycles. The largest absolute Gasteiger partial charge is 0.314 e. The van der Waals surface area contributed by atoms with E-state index in [4.69, 9.17) is 0 Å². The summed E-state index contributed by atoms with van der Waals surface area (Å²) in [6, 6.07) is 0.503. The van der Waals surface area contributed by atoms with Gasteiger partial charge in [-0.25, -0.2) is 8.42 Å². The monoisotopic (exact) mass is 261 g/mol. The highest BCUT2D eigenvalue weighted by atomic mass is 32.2. The molecule has 1 aliphatic carbocycles. The minimum absolute atomic E-state index is 0.287. The first kappa shape index (κ1) is 15.0. The molecular weight excluding hydrogens is 234 g/mol. The minimum Gasteiger partial charge on any atom is -0.314 e. The molecule has 1 aliphatic rings. The van der Waals surface area contributed by atoms with Gasteiger partial charge in [0.2, 0.25) is 0 Å². The highest BCUT2D eigenvalue weighted by molar-refractivity contribution is 7.90. The third-order valence-corrected chi connectivity index (χ3v) is 4.77. The molecule has 102 valence electrons. The second kappa shape index (κ2) is 5.70. The van der Waals surface area contributed by atoms with Crippen LogP contribution < -0.4 is 5.32 Å². The van der Waals surface area contributed by atoms with Crippen LogP contribution in [0.1, 0.15) is 46.5 Å². The molecule has 0 saturated heterocycles. The maximum absolute atomic E-state index is 11.2. The summed E-state index contributed by atoms with van der Waals surface area (Å²) in [4.78, 5) is 0. The van der Waals surface area contributed by atoms with E-state index >= 15 is 0 Å². The van der Waals surface area contributed by atoms with E-state index in [1.54, 1.807) is 0 Å². The lowest BCUT2D eigenvalue weighted by Gasteiger charge is -2.31. The predicted octanol–water partition coefficient (Wildman–Crippen LogP) is 2.23. The van der Waals surface area contributed by atoms with E-state index < -0.39 is 9.84 Å². The number of hydrogen-bond donors (Lipinski definition) is 1. The molecule has 1 atom stereocenters. The summed E-state index contributed by atoms with van der Waals surface area (Å²) in [7, 11) is -2.80. The van der Waals surface area contributed by atoms with E-state index in [2.05, 4.69) is 26.1 Å². The van der Waals surface area contributed by atoms with Crippen molar-refractivity contribution >= 4 is 9.84 Å². The fourth-order valence-corrected chi connectivity index (χ4v) is 3.06. The number of rotatable bonds is 8. The summed E-state index contributed by atoms with van der Waals surface area (Å²) in [6.07, 6.45) is 5.77. The zero-order chi connectivity index (χ0) is 13.1. The van der Waals surface area contributed by atoms with Crippen molar-refractivity contribution in [1.82, 2.24) is 5.32 Å². The Morgan fingerprint density at radius 1 is 1.35 bits per heavy atom. The SMILES string of the molecule is CC(C)NCC(C)(CCCS(C)(=O)=O)C1CC1. The Morgan fingerprint density at radius 3 is 2.35 bits per heavy atom. The van der Waals surface area contributed by atoms with Crippen LogP contribution in [0.5, 0.6) is 0 Å². The number of hydrogen-bond acceptors (Lipinski definition) is 3. The molecule has 4 heteroatoms. The summed E-state index contributed by atoms with van der Waals surface area (Å²) in [6.45, 7) is 7.63. The van der Waals surface area contributed by atoms with Gasteiger partial charge in [0.05, 0.1) is 0 Å². The fraction of sp³-hybridized carbons (Fsp3) is 1.00. The molecule has 1 fully saturated rings. The normalized spacial score (nSPS) is 20.5. The molecule has 1 N–H and O–H groups in total. The van der Waals surface area contributed by atoms with E-state index in [9.17, 15) is 8.42 Å². The maximum Gasteiger partial charge on any atom is 0.147 e. The van der Waals surface area contributed by atoms with Crippen LogP contribution in [0.4, 0.5) is 0 Å². The van der Waals surface area contributed by atoms with Gasteiger partial charge in [-0.3, -0.25) is 0 Å². The van der Waals surface area contributed by atoms with Crippen molar-refractivity contribution in [2.45, 2.75) is 52.5 Å². The molecule has 1 saturated carbocycles. The smallest absolute Gasteiger partial charge is 0.147 e. The van der Waals surface area contributed by atoms with Crippen molar-refractivity contribution in [2.75, 3.05) is 18.6 Å². The summed E-state index contributed by atoms with van der Waals surface area (Å²) in [5, 5.41) is 3.51. The molecule has 0 heterocycles. The van der Waals surface area contributed by atoms with Crippen LogP contribution in [0, 0.1) is 11.3 Å². The van der Waals surface area contributed by atoms with Gasteiger partial charge < -0.3 is 5.32 Å². The molecule has 17 heavy (non-hydrogen) atoms. The Balaban J connectivity index is 2.42. The molecule has 0 radical (unpaired) electrons. The molecule has 3 nitrogen and oxygen atoms in total. The van der Waals surface area contributed by atoms with Crippen molar-refractivity contribution < 1.29 is 8.42 Å². The lowest BCUT2D eigenvalue weighted by molar-refractivity contribution is 0.228. The Labute approximate surface area is 106 Å². The Bertz CT molecular complexity index is 333. The highest BCUT2D eigenvalue weighted by Gasteiger charge is 2.40. The summed E-state index contributed by atoms with van der Waals surface area (Å²) >= 11 is 0. The minimum atomic E-state index is -2.80. The van der Waals surface area contributed by atoms with E-state index in [-0.39, 0.29) is 5.41 Å². The quantitative estimate of drug-likeness (QED) is 0.729. The van der Waals surface area contributed by atoms with E-state index in [0.29, 0.717) is 11.8 Å². The van der Waals surface area contributed by atoms with Crippen LogP contribution in [0.25, 0.3) is 0 Å². The second-order valence-corrected chi connectivity index (χ2v) is 8.46. The van der Waals surface area contributed by atoms with Gasteiger partial charge in [-0.15, -0.1) is 0 Å². The lowest BCUT2D eigenvalue weighted by atomic mass is 9.80. The topological polar surface area (TPSA) is 46.2 Å². The molecule has 0 spiro atoms. The molecule has 1 rings (SSSR count). The summed E-state index contributed by atoms with van der Waals surface area (Å²) < 4.78 is 22.3. The van der Waals surface area contributed by atoms with E-state index in [1.165, 1.54) is 19.1 Å². The Kier molecular flexibility index (Phi) is 5.02. The van der Waals surface area contributed by atoms with Gasteiger partial charge in [-0.05, 0) is 37.0 Å². The lowest BCUT2D eigenvalue weighted by Crippen LogP contribution is -2.37. The third kappa shape index (κ3) is 5.87. The van der Waals surface area contributed by atoms with Crippen molar-refractivity contribution in [3.05, 3.63) is 0 Å². The van der Waals surface area contributed by atoms with Crippen LogP contribution in [0.2, 0.25) is 0 Å². The zero-order valence-corrected chi connectivity index (χ0v) is 12.4. The van der Waals surface area contributed by atoms with Gasteiger partial charge in [0.25, 0.3) is 0 Å². The molecular formula is C13H27NO2S. The van der Waals surface area contributed by atoms with Crippen molar-refractivity contribution in [1.29, 1.82) is 0 Å². The number of nitrogens with one attached hydrogen (secondary N) is 1. The highest BCUT2D eigenvalue weighted by Crippen LogP contribution is 2.47. The standard InChI is InChI=1S/C13H27NO2S/c1-11(2)14-10-13(3,12-6-7-12)8-5-9-17(4,15)16/h11-12,14H,5-10H2,1-4H3. The average molecular weight is 261 g/mol. The second-order valence-electron chi connectivity index (χ2n) is 6.20. The van der Waals surface area contributed by atoms with Gasteiger partial charge in [0, 0.05) is 24.6 Å². The van der Waals surface area contributed by atoms with Crippen LogP contribution in [-0.2, 0) is 9.84 Å². The fourth-order valence-electron chi connectivity index (χ4n) is 2.39. The summed E-state index contributed by atoms with van der Waals surface area (Å²) in [5.74, 6) is 1.13. The predicted molar refractivity (Wildman–Crippen MR) is 72.9 cm³/mol. The zero-order valence-electron chi connectivity index (χ0n) is 11.6. The summed E-state index contributed by atoms with van der Waals surface area (Å²) in [5.41, 5.74) is 0.287. The van der Waals surface area contributed by atoms with Crippen LogP contribution in [0.3, 0.4) is 0 Å². The van der Waals surface area contributed by atoms with Gasteiger partial charge in [-0.2, -0.15) is 0 Å². The third-order valence-electron chi connectivity index (χ3n) is 3.74. The Morgan fingerprint density at radius 2 is 1.94 bits per heavy atom. The van der Waals surface area contributed by atoms with Crippen molar-refractivity contribution in [3.8, 4) is 0 Å². The van der Waals surface area contributed by atoms with Gasteiger partial charge in [-0.1, -0.05) is 20.8 Å². The van der Waals surface area contributed by atoms with Gasteiger partial charge in [0.15, 0.2) is 0 Å². The molecule has 0 aromatic rings. The Hall–Kier alpha value is -0.0900. The van der Waals surface area contributed by atoms with Crippen molar-refractivity contribution in [3.63, 3.8) is 0 Å². The molecule has 0 bridgehead atoms. The van der Waals surface area contributed by atoms with Crippen LogP contribution in [-0.4, -0.2) is 33.0 Å². The first-order valence-electron chi connectivity index (χ1n) is 6.64. The first-order valence-corrected chi connectivity index (χ1v) is 8.70. The number of sulfone groups is 1. The van der Waals surface area contributed by atoms with Crippen molar-refractivity contribution in [2.24, 2.45) is 11.3 Å². The van der Waals surface area contributed by atoms with Crippen LogP contribution >= 0.6 is 0 Å².